The van der Waals surface area contributed by atoms with E-state index in [-0.39, 0.29) is 24.6 Å². The molecule has 0 radical (unpaired) electrons. The monoisotopic (exact) mass is 401 g/mol. The van der Waals surface area contributed by atoms with Crippen LogP contribution in [0.5, 0.6) is 0 Å². The fourth-order valence-electron chi connectivity index (χ4n) is 3.37. The standard InChI is InChI=1S/C21H21F2N3O3/c22-16-11-17(23)18(10-15(16)20(24)28)25-21(29)14-7-4-8-26(12-14)19(27)9-13-5-2-1-3-6-13/h1-3,5-6,10-11,14H,4,7-9,12H2,(H2,24,28)(H,25,29). The number of halogens is 2. The zero-order valence-corrected chi connectivity index (χ0v) is 15.7. The van der Waals surface area contributed by atoms with Gasteiger partial charge in [-0.25, -0.2) is 8.78 Å². The van der Waals surface area contributed by atoms with Crippen molar-refractivity contribution in [3.8, 4) is 0 Å². The number of rotatable bonds is 5. The normalized spacial score (nSPS) is 16.3. The fourth-order valence-corrected chi connectivity index (χ4v) is 3.37. The SMILES string of the molecule is NC(=O)c1cc(NC(=O)C2CCCN(C(=O)Cc3ccccc3)C2)c(F)cc1F. The first-order valence-electron chi connectivity index (χ1n) is 9.26. The van der Waals surface area contributed by atoms with E-state index < -0.39 is 34.9 Å². The van der Waals surface area contributed by atoms with E-state index in [0.29, 0.717) is 25.5 Å². The summed E-state index contributed by atoms with van der Waals surface area (Å²) in [6, 6.07) is 10.7. The highest BCUT2D eigenvalue weighted by atomic mass is 19.1. The molecule has 2 aromatic rings. The van der Waals surface area contributed by atoms with E-state index in [4.69, 9.17) is 5.73 Å². The first-order chi connectivity index (χ1) is 13.8. The van der Waals surface area contributed by atoms with Crippen molar-refractivity contribution in [3.63, 3.8) is 0 Å². The Labute approximate surface area is 166 Å². The van der Waals surface area contributed by atoms with Gasteiger partial charge in [0.1, 0.15) is 11.6 Å². The lowest BCUT2D eigenvalue weighted by Crippen LogP contribution is -2.44. The molecule has 1 atom stereocenters. The average Bonchev–Trinajstić information content (AvgIpc) is 2.70. The number of amides is 3. The van der Waals surface area contributed by atoms with E-state index in [1.807, 2.05) is 30.3 Å². The van der Waals surface area contributed by atoms with Crippen LogP contribution in [0.3, 0.4) is 0 Å². The summed E-state index contributed by atoms with van der Waals surface area (Å²) in [6.45, 7) is 0.759. The second-order valence-electron chi connectivity index (χ2n) is 7.01. The Morgan fingerprint density at radius 2 is 1.83 bits per heavy atom. The van der Waals surface area contributed by atoms with Gasteiger partial charge in [-0.05, 0) is 24.5 Å². The lowest BCUT2D eigenvalue weighted by atomic mass is 9.96. The Morgan fingerprint density at radius 1 is 1.10 bits per heavy atom. The Hall–Kier alpha value is -3.29. The van der Waals surface area contributed by atoms with E-state index in [0.717, 1.165) is 11.6 Å². The van der Waals surface area contributed by atoms with E-state index in [1.165, 1.54) is 0 Å². The number of carbonyl (C=O) groups is 3. The van der Waals surface area contributed by atoms with Crippen molar-refractivity contribution in [1.29, 1.82) is 0 Å². The fraction of sp³-hybridized carbons (Fsp3) is 0.286. The minimum atomic E-state index is -1.09. The molecule has 3 amide bonds. The van der Waals surface area contributed by atoms with E-state index in [2.05, 4.69) is 5.32 Å². The highest BCUT2D eigenvalue weighted by Crippen LogP contribution is 2.23. The Bertz CT molecular complexity index is 934. The molecule has 8 heteroatoms. The molecular formula is C21H21F2N3O3. The highest BCUT2D eigenvalue weighted by molar-refractivity contribution is 5.97. The van der Waals surface area contributed by atoms with Crippen LogP contribution >= 0.6 is 0 Å². The number of nitrogens with two attached hydrogens (primary N) is 1. The predicted molar refractivity (Wildman–Crippen MR) is 103 cm³/mol. The first kappa shape index (κ1) is 20.4. The number of nitrogens with one attached hydrogen (secondary N) is 1. The van der Waals surface area contributed by atoms with Crippen molar-refractivity contribution in [2.24, 2.45) is 11.7 Å². The minimum absolute atomic E-state index is 0.0855. The molecule has 29 heavy (non-hydrogen) atoms. The molecule has 1 heterocycles. The summed E-state index contributed by atoms with van der Waals surface area (Å²) in [5.41, 5.74) is 5.12. The molecule has 3 N–H and O–H groups in total. The second-order valence-corrected chi connectivity index (χ2v) is 7.01. The van der Waals surface area contributed by atoms with Crippen molar-refractivity contribution in [2.75, 3.05) is 18.4 Å². The largest absolute Gasteiger partial charge is 0.366 e. The van der Waals surface area contributed by atoms with Crippen LogP contribution in [0, 0.1) is 17.6 Å². The van der Waals surface area contributed by atoms with Gasteiger partial charge in [-0.1, -0.05) is 30.3 Å². The number of nitrogens with zero attached hydrogens (tertiary/aromatic N) is 1. The van der Waals surface area contributed by atoms with Gasteiger partial charge in [0.25, 0.3) is 5.91 Å². The summed E-state index contributed by atoms with van der Waals surface area (Å²) < 4.78 is 27.6. The topological polar surface area (TPSA) is 92.5 Å². The number of hydrogen-bond acceptors (Lipinski definition) is 3. The van der Waals surface area contributed by atoms with Crippen molar-refractivity contribution in [1.82, 2.24) is 4.90 Å². The summed E-state index contributed by atoms with van der Waals surface area (Å²) in [6.07, 6.45) is 1.41. The van der Waals surface area contributed by atoms with Gasteiger partial charge >= 0.3 is 0 Å². The molecule has 0 saturated carbocycles. The number of hydrogen-bond donors (Lipinski definition) is 2. The van der Waals surface area contributed by atoms with E-state index in [1.54, 1.807) is 4.90 Å². The van der Waals surface area contributed by atoms with Crippen LogP contribution in [-0.4, -0.2) is 35.7 Å². The molecule has 0 aliphatic carbocycles. The van der Waals surface area contributed by atoms with Gasteiger partial charge in [-0.2, -0.15) is 0 Å². The van der Waals surface area contributed by atoms with Crippen LogP contribution in [0.1, 0.15) is 28.8 Å². The van der Waals surface area contributed by atoms with Crippen LogP contribution < -0.4 is 11.1 Å². The van der Waals surface area contributed by atoms with Crippen LogP contribution in [0.25, 0.3) is 0 Å². The number of benzene rings is 2. The molecular weight excluding hydrogens is 380 g/mol. The van der Waals surface area contributed by atoms with Gasteiger partial charge < -0.3 is 16.0 Å². The minimum Gasteiger partial charge on any atom is -0.366 e. The zero-order valence-electron chi connectivity index (χ0n) is 15.7. The Kier molecular flexibility index (Phi) is 6.21. The van der Waals surface area contributed by atoms with Gasteiger partial charge in [0, 0.05) is 19.2 Å². The Balaban J connectivity index is 1.66. The molecule has 1 fully saturated rings. The third-order valence-electron chi connectivity index (χ3n) is 4.92. The van der Waals surface area contributed by atoms with E-state index in [9.17, 15) is 23.2 Å². The average molecular weight is 401 g/mol. The number of piperidine rings is 1. The summed E-state index contributed by atoms with van der Waals surface area (Å²) in [5.74, 6) is -4.28. The zero-order chi connectivity index (χ0) is 21.0. The van der Waals surface area contributed by atoms with Gasteiger partial charge in [0.2, 0.25) is 11.8 Å². The summed E-state index contributed by atoms with van der Waals surface area (Å²) in [5, 5.41) is 2.39. The highest BCUT2D eigenvalue weighted by Gasteiger charge is 2.29. The van der Waals surface area contributed by atoms with Gasteiger partial charge in [-0.3, -0.25) is 14.4 Å². The maximum atomic E-state index is 14.0. The molecule has 2 aromatic carbocycles. The van der Waals surface area contributed by atoms with Crippen molar-refractivity contribution >= 4 is 23.4 Å². The quantitative estimate of drug-likeness (QED) is 0.806. The third kappa shape index (κ3) is 4.96. The molecule has 1 saturated heterocycles. The number of primary amides is 1. The van der Waals surface area contributed by atoms with Crippen LogP contribution in [0.4, 0.5) is 14.5 Å². The van der Waals surface area contributed by atoms with Crippen LogP contribution in [0.2, 0.25) is 0 Å². The molecule has 152 valence electrons. The molecule has 6 nitrogen and oxygen atoms in total. The number of carbonyl (C=O) groups excluding carboxylic acids is 3. The van der Waals surface area contributed by atoms with Gasteiger partial charge in [-0.15, -0.1) is 0 Å². The first-order valence-corrected chi connectivity index (χ1v) is 9.26. The molecule has 1 unspecified atom stereocenters. The molecule has 3 rings (SSSR count). The summed E-state index contributed by atoms with van der Waals surface area (Å²) >= 11 is 0. The Morgan fingerprint density at radius 3 is 2.52 bits per heavy atom. The van der Waals surface area contributed by atoms with Crippen molar-refractivity contribution < 1.29 is 23.2 Å². The molecule has 0 spiro atoms. The number of likely N-dealkylation sites (tertiary alicyclic amines) is 1. The van der Waals surface area contributed by atoms with E-state index >= 15 is 0 Å². The molecule has 1 aliphatic rings. The summed E-state index contributed by atoms with van der Waals surface area (Å²) in [4.78, 5) is 38.0. The second kappa shape index (κ2) is 8.81. The third-order valence-corrected chi connectivity index (χ3v) is 4.92. The lowest BCUT2D eigenvalue weighted by Gasteiger charge is -2.32. The lowest BCUT2D eigenvalue weighted by molar-refractivity contribution is -0.133. The van der Waals surface area contributed by atoms with Crippen molar-refractivity contribution in [2.45, 2.75) is 19.3 Å². The molecule has 0 bridgehead atoms. The molecule has 0 aromatic heterocycles. The van der Waals surface area contributed by atoms with Gasteiger partial charge in [0.15, 0.2) is 0 Å². The number of anilines is 1. The molecule has 1 aliphatic heterocycles. The van der Waals surface area contributed by atoms with Crippen LogP contribution in [0.15, 0.2) is 42.5 Å². The summed E-state index contributed by atoms with van der Waals surface area (Å²) in [7, 11) is 0. The van der Waals surface area contributed by atoms with Crippen LogP contribution in [-0.2, 0) is 16.0 Å². The smallest absolute Gasteiger partial charge is 0.251 e. The predicted octanol–water partition coefficient (Wildman–Crippen LogP) is 2.48. The maximum absolute atomic E-state index is 14.0. The van der Waals surface area contributed by atoms with Gasteiger partial charge in [0.05, 0.1) is 23.6 Å². The maximum Gasteiger partial charge on any atom is 0.251 e. The van der Waals surface area contributed by atoms with Crippen molar-refractivity contribution in [3.05, 3.63) is 65.2 Å².